The van der Waals surface area contributed by atoms with Gasteiger partial charge in [0.2, 0.25) is 5.75 Å². The molecular weight excluding hydrogens is 1450 g/mol. The number of carbonyl (C=O) groups excluding carboxylic acids is 2. The van der Waals surface area contributed by atoms with Crippen LogP contribution in [0.3, 0.4) is 0 Å². The standard InChI is InChI=1S/C102H148N6O9/c1-10-13-16-19-22-25-28-31-34-37-72-113-98-86(78-116-96-66-58-92(59-67-96)107-105-90-54-50-88(51-55-90)103-101(109)84-46-62-94(63-47-84)111-75-70-82(8)44-40-42-80(4)5)77-87(99(114-73-38-35-32-29-26-23-20-17-14-11-2)100(98)115-74-39-36-33-30-27-24-21-18-15-12-3)79-117-97-68-60-93(61-69-97)108-106-91-56-52-89(53-57-91)104-102(110)85-48-64-95(65-49-85)112-76-71-83(9)45-41-43-81(6)7/h46-69,77,80-83H,10-45,70-76,78-79H2,1-9H3,(H,103,109)(H,104,110)/t82-,83-/m1/s1. The number of rotatable bonds is 66. The van der Waals surface area contributed by atoms with E-state index in [1.54, 1.807) is 24.3 Å². The Morgan fingerprint density at radius 2 is 0.538 bits per heavy atom. The number of ether oxygens (including phenoxy) is 7. The summed E-state index contributed by atoms with van der Waals surface area (Å²) in [5.74, 6) is 7.07. The van der Waals surface area contributed by atoms with E-state index in [1.807, 2.05) is 121 Å². The van der Waals surface area contributed by atoms with Gasteiger partial charge in [0.05, 0.1) is 55.8 Å². The normalized spacial score (nSPS) is 12.1. The van der Waals surface area contributed by atoms with Gasteiger partial charge in [0.1, 0.15) is 36.2 Å². The molecule has 7 aromatic carbocycles. The predicted molar refractivity (Wildman–Crippen MR) is 486 cm³/mol. The van der Waals surface area contributed by atoms with Crippen LogP contribution in [0.4, 0.5) is 34.1 Å². The highest BCUT2D eigenvalue weighted by molar-refractivity contribution is 6.05. The van der Waals surface area contributed by atoms with Gasteiger partial charge in [-0.1, -0.05) is 274 Å². The second-order valence-electron chi connectivity index (χ2n) is 33.4. The number of anilines is 2. The van der Waals surface area contributed by atoms with Crippen molar-refractivity contribution < 1.29 is 42.7 Å². The number of nitrogens with one attached hydrogen (secondary N) is 2. The lowest BCUT2D eigenvalue weighted by molar-refractivity contribution is 0.101. The molecule has 0 radical (unpaired) electrons. The third-order valence-electron chi connectivity index (χ3n) is 21.8. The summed E-state index contributed by atoms with van der Waals surface area (Å²) < 4.78 is 46.7. The molecule has 0 aliphatic heterocycles. The Morgan fingerprint density at radius 3 is 0.838 bits per heavy atom. The zero-order valence-corrected chi connectivity index (χ0v) is 73.5. The minimum atomic E-state index is -0.202. The molecule has 2 N–H and O–H groups in total. The average Bonchev–Trinajstić information content (AvgIpc) is 0.788. The van der Waals surface area contributed by atoms with Gasteiger partial charge in [-0.2, -0.15) is 20.5 Å². The number of hydrogen-bond acceptors (Lipinski definition) is 13. The molecule has 0 bridgehead atoms. The minimum absolute atomic E-state index is 0.190. The van der Waals surface area contributed by atoms with E-state index < -0.39 is 0 Å². The van der Waals surface area contributed by atoms with Gasteiger partial charge in [0.25, 0.3) is 11.8 Å². The number of hydrogen-bond donors (Lipinski definition) is 2. The van der Waals surface area contributed by atoms with Gasteiger partial charge >= 0.3 is 0 Å². The van der Waals surface area contributed by atoms with E-state index in [1.165, 1.54) is 193 Å². The molecule has 7 rings (SSSR count). The second kappa shape index (κ2) is 59.0. The topological polar surface area (TPSA) is 172 Å². The van der Waals surface area contributed by atoms with Crippen LogP contribution in [0.15, 0.2) is 172 Å². The summed E-state index contributed by atoms with van der Waals surface area (Å²) in [4.78, 5) is 26.6. The lowest BCUT2D eigenvalue weighted by Gasteiger charge is -2.23. The summed E-state index contributed by atoms with van der Waals surface area (Å²) in [7, 11) is 0. The lowest BCUT2D eigenvalue weighted by atomic mass is 9.98. The highest BCUT2D eigenvalue weighted by Gasteiger charge is 2.25. The van der Waals surface area contributed by atoms with Gasteiger partial charge in [0.15, 0.2) is 11.5 Å². The summed E-state index contributed by atoms with van der Waals surface area (Å²) in [6.45, 7) is 23.8. The van der Waals surface area contributed by atoms with E-state index in [-0.39, 0.29) is 25.0 Å². The van der Waals surface area contributed by atoms with Crippen molar-refractivity contribution in [2.24, 2.45) is 44.1 Å². The fourth-order valence-electron chi connectivity index (χ4n) is 14.3. The zero-order chi connectivity index (χ0) is 83.0. The largest absolute Gasteiger partial charge is 0.494 e. The molecule has 0 aliphatic carbocycles. The quantitative estimate of drug-likeness (QED) is 0.0278. The molecule has 0 heterocycles. The first-order valence-corrected chi connectivity index (χ1v) is 45.9. The molecule has 0 fully saturated rings. The zero-order valence-electron chi connectivity index (χ0n) is 73.5. The molecule has 117 heavy (non-hydrogen) atoms. The van der Waals surface area contributed by atoms with Crippen molar-refractivity contribution in [3.05, 3.63) is 174 Å². The first-order chi connectivity index (χ1) is 57.2. The van der Waals surface area contributed by atoms with E-state index in [4.69, 9.17) is 33.2 Å². The number of nitrogens with zero attached hydrogens (tertiary/aromatic N) is 4. The fourth-order valence-corrected chi connectivity index (χ4v) is 14.3. The number of carbonyl (C=O) groups is 2. The molecule has 7 aromatic rings. The van der Waals surface area contributed by atoms with Crippen LogP contribution in [0, 0.1) is 23.7 Å². The van der Waals surface area contributed by atoms with Crippen molar-refractivity contribution in [3.8, 4) is 40.2 Å². The summed E-state index contributed by atoms with van der Waals surface area (Å²) in [5, 5.41) is 24.3. The molecule has 0 saturated heterocycles. The third-order valence-corrected chi connectivity index (χ3v) is 21.8. The Kier molecular flexibility index (Phi) is 48.1. The van der Waals surface area contributed by atoms with E-state index in [9.17, 15) is 9.59 Å². The van der Waals surface area contributed by atoms with Gasteiger partial charge in [-0.25, -0.2) is 0 Å². The van der Waals surface area contributed by atoms with Crippen LogP contribution in [-0.4, -0.2) is 44.8 Å². The first-order valence-electron chi connectivity index (χ1n) is 45.9. The van der Waals surface area contributed by atoms with Crippen LogP contribution >= 0.6 is 0 Å². The maximum atomic E-state index is 13.3. The predicted octanol–water partition coefficient (Wildman–Crippen LogP) is 31.5. The van der Waals surface area contributed by atoms with Crippen LogP contribution in [0.2, 0.25) is 0 Å². The highest BCUT2D eigenvalue weighted by atomic mass is 16.5. The Morgan fingerprint density at radius 1 is 0.274 bits per heavy atom. The third kappa shape index (κ3) is 41.0. The number of amides is 2. The number of unbranched alkanes of at least 4 members (excludes halogenated alkanes) is 27. The molecule has 0 aromatic heterocycles. The second-order valence-corrected chi connectivity index (χ2v) is 33.4. The summed E-state index contributed by atoms with van der Waals surface area (Å²) in [6, 6.07) is 46.7. The van der Waals surface area contributed by atoms with Gasteiger partial charge in [-0.15, -0.1) is 0 Å². The first kappa shape index (κ1) is 95.4. The lowest BCUT2D eigenvalue weighted by Crippen LogP contribution is -2.12. The smallest absolute Gasteiger partial charge is 0.255 e. The van der Waals surface area contributed by atoms with Crippen molar-refractivity contribution >= 4 is 45.9 Å². The summed E-state index contributed by atoms with van der Waals surface area (Å²) in [6.07, 6.45) is 46.2. The van der Waals surface area contributed by atoms with Crippen molar-refractivity contribution in [2.45, 2.75) is 320 Å². The summed E-state index contributed by atoms with van der Waals surface area (Å²) in [5.41, 5.74) is 6.69. The van der Waals surface area contributed by atoms with Gasteiger partial charge in [-0.3, -0.25) is 9.59 Å². The van der Waals surface area contributed by atoms with Gasteiger partial charge in [0, 0.05) is 33.6 Å². The molecule has 15 nitrogen and oxygen atoms in total. The molecule has 0 unspecified atom stereocenters. The average molecular weight is 1600 g/mol. The van der Waals surface area contributed by atoms with Crippen LogP contribution in [0.25, 0.3) is 0 Å². The molecule has 2 amide bonds. The van der Waals surface area contributed by atoms with E-state index in [0.717, 1.165) is 85.8 Å². The molecule has 640 valence electrons. The SMILES string of the molecule is CCCCCCCCCCCCOc1c(COc2ccc(N=Nc3ccc(NC(=O)c4ccc(OCC[C@H](C)CCCC(C)C)cc4)cc3)cc2)cc(COc2ccc(N=Nc3ccc(NC(=O)c4ccc(OCC[C@H](C)CCCC(C)C)cc4)cc3)cc2)c(OCCCCCCCCCCCC)c1OCCCCCCCCCCCC. The van der Waals surface area contributed by atoms with E-state index in [0.29, 0.717) is 119 Å². The Balaban J connectivity index is 1.05. The monoisotopic (exact) mass is 1600 g/mol. The number of azo groups is 2. The van der Waals surface area contributed by atoms with Crippen molar-refractivity contribution in [1.29, 1.82) is 0 Å². The fraction of sp³-hybridized carbons (Fsp3) is 0.569. The van der Waals surface area contributed by atoms with E-state index >= 15 is 0 Å². The molecule has 0 spiro atoms. The van der Waals surface area contributed by atoms with Crippen LogP contribution in [0.1, 0.15) is 338 Å². The van der Waals surface area contributed by atoms with E-state index in [2.05, 4.69) is 99.5 Å². The van der Waals surface area contributed by atoms with Crippen LogP contribution in [-0.2, 0) is 13.2 Å². The van der Waals surface area contributed by atoms with Gasteiger partial charge < -0.3 is 43.8 Å². The van der Waals surface area contributed by atoms with Crippen molar-refractivity contribution in [2.75, 3.05) is 43.7 Å². The molecule has 0 saturated carbocycles. The van der Waals surface area contributed by atoms with Crippen LogP contribution < -0.4 is 43.8 Å². The summed E-state index contributed by atoms with van der Waals surface area (Å²) >= 11 is 0. The molecular formula is C102H148N6O9. The Labute approximate surface area is 706 Å². The number of benzene rings is 7. The van der Waals surface area contributed by atoms with Crippen molar-refractivity contribution in [3.63, 3.8) is 0 Å². The van der Waals surface area contributed by atoms with Crippen molar-refractivity contribution in [1.82, 2.24) is 0 Å². The minimum Gasteiger partial charge on any atom is -0.494 e. The molecule has 15 heteroatoms. The molecule has 2 atom stereocenters. The maximum absolute atomic E-state index is 13.3. The highest BCUT2D eigenvalue weighted by Crippen LogP contribution is 2.45. The Bertz CT molecular complexity index is 3570. The van der Waals surface area contributed by atoms with Crippen LogP contribution in [0.5, 0.6) is 40.2 Å². The molecule has 0 aliphatic rings. The Hall–Kier alpha value is -8.72. The maximum Gasteiger partial charge on any atom is 0.255 e. The van der Waals surface area contributed by atoms with Gasteiger partial charge in [-0.05, 0) is 207 Å².